The number of hydrogen-bond donors (Lipinski definition) is 2. The van der Waals surface area contributed by atoms with Gasteiger partial charge in [-0.1, -0.05) is 30.7 Å². The van der Waals surface area contributed by atoms with Gasteiger partial charge in [0.25, 0.3) is 11.7 Å². The van der Waals surface area contributed by atoms with E-state index in [0.717, 1.165) is 0 Å². The van der Waals surface area contributed by atoms with Crippen LogP contribution < -0.4 is 9.47 Å². The first-order valence-electron chi connectivity index (χ1n) is 9.88. The Morgan fingerprint density at radius 3 is 2.65 bits per heavy atom. The number of likely N-dealkylation sites (tertiary alicyclic amines) is 1. The Kier molecular flexibility index (Phi) is 7.20. The molecule has 2 aromatic carbocycles. The summed E-state index contributed by atoms with van der Waals surface area (Å²) < 4.78 is 10.8. The van der Waals surface area contributed by atoms with Crippen LogP contribution in [-0.2, 0) is 9.59 Å². The van der Waals surface area contributed by atoms with Gasteiger partial charge in [-0.3, -0.25) is 9.59 Å². The fraction of sp³-hybridized carbons (Fsp3) is 0.304. The highest BCUT2D eigenvalue weighted by atomic mass is 35.5. The van der Waals surface area contributed by atoms with Crippen LogP contribution in [0.3, 0.4) is 0 Å². The molecule has 0 aliphatic carbocycles. The molecular weight excluding hydrogens is 422 g/mol. The number of aliphatic hydroxyl groups is 2. The third-order valence-corrected chi connectivity index (χ3v) is 5.19. The highest BCUT2D eigenvalue weighted by Gasteiger charge is 2.46. The molecule has 0 radical (unpaired) electrons. The normalized spacial score (nSPS) is 17.8. The lowest BCUT2D eigenvalue weighted by molar-refractivity contribution is -0.139. The summed E-state index contributed by atoms with van der Waals surface area (Å²) in [7, 11) is 1.44. The largest absolute Gasteiger partial charge is 0.507 e. The van der Waals surface area contributed by atoms with E-state index in [9.17, 15) is 14.7 Å². The van der Waals surface area contributed by atoms with Gasteiger partial charge in [0.1, 0.15) is 23.9 Å². The molecule has 3 rings (SSSR count). The molecule has 1 aliphatic heterocycles. The van der Waals surface area contributed by atoms with Crippen LogP contribution in [0.1, 0.15) is 30.5 Å². The SMILES string of the molecule is CCCN1C(=O)C(=O)/C(=C(/O)c2cc(Cl)ccc2OC)C1c1cccc(OCCO)c1. The summed E-state index contributed by atoms with van der Waals surface area (Å²) in [6.45, 7) is 2.20. The number of rotatable bonds is 8. The van der Waals surface area contributed by atoms with Crippen LogP contribution in [0, 0.1) is 0 Å². The molecule has 0 bridgehead atoms. The van der Waals surface area contributed by atoms with E-state index in [4.69, 9.17) is 26.2 Å². The van der Waals surface area contributed by atoms with E-state index < -0.39 is 17.7 Å². The summed E-state index contributed by atoms with van der Waals surface area (Å²) in [5.74, 6) is -1.02. The summed E-state index contributed by atoms with van der Waals surface area (Å²) in [5, 5.41) is 20.5. The molecule has 164 valence electrons. The van der Waals surface area contributed by atoms with Crippen LogP contribution in [0.2, 0.25) is 5.02 Å². The van der Waals surface area contributed by atoms with Crippen molar-refractivity contribution in [1.29, 1.82) is 0 Å². The molecule has 7 nitrogen and oxygen atoms in total. The van der Waals surface area contributed by atoms with Gasteiger partial charge >= 0.3 is 0 Å². The Labute approximate surface area is 185 Å². The number of carbonyl (C=O) groups is 2. The molecule has 2 aromatic rings. The second-order valence-electron chi connectivity index (χ2n) is 6.98. The van der Waals surface area contributed by atoms with Crippen molar-refractivity contribution in [2.45, 2.75) is 19.4 Å². The number of aliphatic hydroxyl groups excluding tert-OH is 2. The highest BCUT2D eigenvalue weighted by molar-refractivity contribution is 6.46. The fourth-order valence-corrected chi connectivity index (χ4v) is 3.82. The van der Waals surface area contributed by atoms with Crippen molar-refractivity contribution in [2.75, 3.05) is 26.9 Å². The zero-order valence-corrected chi connectivity index (χ0v) is 18.1. The average molecular weight is 446 g/mol. The monoisotopic (exact) mass is 445 g/mol. The number of ketones is 1. The molecular formula is C23H24ClNO6. The van der Waals surface area contributed by atoms with Gasteiger partial charge in [0, 0.05) is 11.6 Å². The van der Waals surface area contributed by atoms with Gasteiger partial charge in [-0.15, -0.1) is 0 Å². The van der Waals surface area contributed by atoms with Crippen LogP contribution in [0.15, 0.2) is 48.0 Å². The maximum atomic E-state index is 13.0. The molecule has 2 N–H and O–H groups in total. The van der Waals surface area contributed by atoms with Gasteiger partial charge in [0.2, 0.25) is 0 Å². The smallest absolute Gasteiger partial charge is 0.295 e. The molecule has 8 heteroatoms. The highest BCUT2D eigenvalue weighted by Crippen LogP contribution is 2.42. The number of nitrogens with zero attached hydrogens (tertiary/aromatic N) is 1. The second-order valence-corrected chi connectivity index (χ2v) is 7.42. The molecule has 0 aromatic heterocycles. The van der Waals surface area contributed by atoms with E-state index >= 15 is 0 Å². The topological polar surface area (TPSA) is 96.3 Å². The van der Waals surface area contributed by atoms with Crippen LogP contribution in [-0.4, -0.2) is 53.7 Å². The van der Waals surface area contributed by atoms with Crippen LogP contribution in [0.25, 0.3) is 5.76 Å². The number of benzene rings is 2. The number of methoxy groups -OCH3 is 1. The minimum atomic E-state index is -0.804. The number of hydrogen-bond acceptors (Lipinski definition) is 6. The van der Waals surface area contributed by atoms with Crippen LogP contribution >= 0.6 is 11.6 Å². The summed E-state index contributed by atoms with van der Waals surface area (Å²) in [4.78, 5) is 27.2. The van der Waals surface area contributed by atoms with Crippen molar-refractivity contribution >= 4 is 29.1 Å². The minimum absolute atomic E-state index is 0.0432. The Morgan fingerprint density at radius 1 is 1.19 bits per heavy atom. The number of ether oxygens (including phenoxy) is 2. The molecule has 31 heavy (non-hydrogen) atoms. The zero-order valence-electron chi connectivity index (χ0n) is 17.3. The first-order chi connectivity index (χ1) is 14.9. The molecule has 1 heterocycles. The predicted octanol–water partition coefficient (Wildman–Crippen LogP) is 3.55. The lowest BCUT2D eigenvalue weighted by Gasteiger charge is -2.25. The number of amides is 1. The first-order valence-corrected chi connectivity index (χ1v) is 10.3. The summed E-state index contributed by atoms with van der Waals surface area (Å²) >= 11 is 6.10. The Hall–Kier alpha value is -3.03. The van der Waals surface area contributed by atoms with Crippen LogP contribution in [0.5, 0.6) is 11.5 Å². The molecule has 1 amide bonds. The van der Waals surface area contributed by atoms with Crippen molar-refractivity contribution in [3.8, 4) is 11.5 Å². The maximum absolute atomic E-state index is 13.0. The Bertz CT molecular complexity index is 1020. The van der Waals surface area contributed by atoms with Crippen molar-refractivity contribution in [2.24, 2.45) is 0 Å². The number of carbonyl (C=O) groups excluding carboxylic acids is 2. The molecule has 1 fully saturated rings. The first kappa shape index (κ1) is 22.7. The van der Waals surface area contributed by atoms with Crippen molar-refractivity contribution in [3.05, 3.63) is 64.2 Å². The Balaban J connectivity index is 2.20. The third-order valence-electron chi connectivity index (χ3n) is 4.95. The molecule has 1 unspecified atom stereocenters. The Morgan fingerprint density at radius 2 is 1.97 bits per heavy atom. The average Bonchev–Trinajstić information content (AvgIpc) is 3.02. The van der Waals surface area contributed by atoms with Gasteiger partial charge in [-0.25, -0.2) is 0 Å². The summed E-state index contributed by atoms with van der Waals surface area (Å²) in [6, 6.07) is 10.8. The van der Waals surface area contributed by atoms with Crippen LogP contribution in [0.4, 0.5) is 0 Å². The predicted molar refractivity (Wildman–Crippen MR) is 116 cm³/mol. The molecule has 1 aliphatic rings. The molecule has 0 saturated carbocycles. The zero-order chi connectivity index (χ0) is 22.5. The van der Waals surface area contributed by atoms with E-state index in [2.05, 4.69) is 0 Å². The fourth-order valence-electron chi connectivity index (χ4n) is 3.65. The van der Waals surface area contributed by atoms with Gasteiger partial charge in [-0.2, -0.15) is 0 Å². The van der Waals surface area contributed by atoms with Gasteiger partial charge in [-0.05, 0) is 42.3 Å². The van der Waals surface area contributed by atoms with E-state index in [1.807, 2.05) is 6.92 Å². The quantitative estimate of drug-likeness (QED) is 0.366. The molecule has 1 saturated heterocycles. The standard InChI is InChI=1S/C23H24ClNO6/c1-3-9-25-20(14-5-4-6-16(12-14)31-11-10-26)19(22(28)23(25)29)21(27)17-13-15(24)7-8-18(17)30-2/h4-8,12-13,20,26-27H,3,9-11H2,1-2H3/b21-19+. The lowest BCUT2D eigenvalue weighted by Crippen LogP contribution is -2.30. The number of halogens is 1. The van der Waals surface area contributed by atoms with Crippen molar-refractivity contribution in [3.63, 3.8) is 0 Å². The third kappa shape index (κ3) is 4.52. The van der Waals surface area contributed by atoms with Gasteiger partial charge < -0.3 is 24.6 Å². The summed E-state index contributed by atoms with van der Waals surface area (Å²) in [6.07, 6.45) is 0.630. The molecule has 0 spiro atoms. The number of Topliss-reactive ketones (excluding diaryl/α,β-unsaturated/α-hetero) is 1. The van der Waals surface area contributed by atoms with Gasteiger partial charge in [0.05, 0.1) is 30.9 Å². The van der Waals surface area contributed by atoms with E-state index in [1.165, 1.54) is 18.1 Å². The maximum Gasteiger partial charge on any atom is 0.295 e. The molecule has 1 atom stereocenters. The van der Waals surface area contributed by atoms with E-state index in [1.54, 1.807) is 36.4 Å². The van der Waals surface area contributed by atoms with Gasteiger partial charge in [0.15, 0.2) is 0 Å². The van der Waals surface area contributed by atoms with Crippen molar-refractivity contribution < 1.29 is 29.3 Å². The van der Waals surface area contributed by atoms with Crippen molar-refractivity contribution in [1.82, 2.24) is 4.90 Å². The van der Waals surface area contributed by atoms with E-state index in [0.29, 0.717) is 35.1 Å². The van der Waals surface area contributed by atoms with E-state index in [-0.39, 0.29) is 30.1 Å². The summed E-state index contributed by atoms with van der Waals surface area (Å²) in [5.41, 5.74) is 0.783. The second kappa shape index (κ2) is 9.85. The minimum Gasteiger partial charge on any atom is -0.507 e. The lowest BCUT2D eigenvalue weighted by atomic mass is 9.94.